The standard InChI is InChI=1S/C11H22N4S/c1-5-16-8-6-7-15-9(11(2,3)4)10(12)13-14-15/h5-8,12H2,1-4H3. The van der Waals surface area contributed by atoms with Gasteiger partial charge in [0.2, 0.25) is 0 Å². The van der Waals surface area contributed by atoms with Gasteiger partial charge in [-0.2, -0.15) is 11.8 Å². The summed E-state index contributed by atoms with van der Waals surface area (Å²) in [6.45, 7) is 9.50. The van der Waals surface area contributed by atoms with Crippen molar-refractivity contribution in [3.8, 4) is 0 Å². The average Bonchev–Trinajstić information content (AvgIpc) is 2.54. The van der Waals surface area contributed by atoms with E-state index in [0.717, 1.165) is 18.7 Å². The molecule has 0 unspecified atom stereocenters. The molecule has 4 nitrogen and oxygen atoms in total. The van der Waals surface area contributed by atoms with Gasteiger partial charge in [-0.3, -0.25) is 0 Å². The minimum atomic E-state index is 0.00544. The number of thioether (sulfide) groups is 1. The molecule has 0 radical (unpaired) electrons. The second kappa shape index (κ2) is 5.57. The first-order valence-electron chi connectivity index (χ1n) is 5.74. The van der Waals surface area contributed by atoms with Gasteiger partial charge >= 0.3 is 0 Å². The molecule has 2 N–H and O–H groups in total. The maximum absolute atomic E-state index is 5.86. The van der Waals surface area contributed by atoms with Gasteiger partial charge in [0, 0.05) is 12.0 Å². The van der Waals surface area contributed by atoms with E-state index in [9.17, 15) is 0 Å². The number of hydrogen-bond acceptors (Lipinski definition) is 4. The van der Waals surface area contributed by atoms with Gasteiger partial charge in [-0.25, -0.2) is 4.68 Å². The van der Waals surface area contributed by atoms with Crippen molar-refractivity contribution in [3.05, 3.63) is 5.69 Å². The third kappa shape index (κ3) is 3.40. The Labute approximate surface area is 102 Å². The summed E-state index contributed by atoms with van der Waals surface area (Å²) >= 11 is 1.95. The van der Waals surface area contributed by atoms with Crippen molar-refractivity contribution in [2.75, 3.05) is 17.2 Å². The molecule has 0 saturated carbocycles. The zero-order valence-corrected chi connectivity index (χ0v) is 11.5. The van der Waals surface area contributed by atoms with E-state index < -0.39 is 0 Å². The predicted octanol–water partition coefficient (Wildman–Crippen LogP) is 2.30. The number of nitrogens with two attached hydrogens (primary N) is 1. The lowest BCUT2D eigenvalue weighted by molar-refractivity contribution is 0.478. The average molecular weight is 242 g/mol. The van der Waals surface area contributed by atoms with Crippen molar-refractivity contribution in [3.63, 3.8) is 0 Å². The van der Waals surface area contributed by atoms with Crippen molar-refractivity contribution < 1.29 is 0 Å². The molecular weight excluding hydrogens is 220 g/mol. The van der Waals surface area contributed by atoms with Crippen LogP contribution in [0.15, 0.2) is 0 Å². The van der Waals surface area contributed by atoms with E-state index in [4.69, 9.17) is 5.73 Å². The van der Waals surface area contributed by atoms with E-state index in [2.05, 4.69) is 38.0 Å². The molecule has 92 valence electrons. The molecule has 0 amide bonds. The maximum Gasteiger partial charge on any atom is 0.169 e. The quantitative estimate of drug-likeness (QED) is 0.805. The number of rotatable bonds is 5. The lowest BCUT2D eigenvalue weighted by Crippen LogP contribution is -2.20. The van der Waals surface area contributed by atoms with Crippen LogP contribution in [0.25, 0.3) is 0 Å². The summed E-state index contributed by atoms with van der Waals surface area (Å²) in [6.07, 6.45) is 1.12. The molecule has 0 aliphatic heterocycles. The van der Waals surface area contributed by atoms with Crippen LogP contribution in [-0.4, -0.2) is 26.5 Å². The fourth-order valence-electron chi connectivity index (χ4n) is 1.72. The summed E-state index contributed by atoms with van der Waals surface area (Å²) in [5, 5.41) is 8.08. The van der Waals surface area contributed by atoms with Crippen molar-refractivity contribution in [2.45, 2.75) is 46.1 Å². The number of aryl methyl sites for hydroxylation is 1. The van der Waals surface area contributed by atoms with Crippen LogP contribution >= 0.6 is 11.8 Å². The highest BCUT2D eigenvalue weighted by molar-refractivity contribution is 7.99. The molecule has 0 spiro atoms. The first-order chi connectivity index (χ1) is 7.46. The lowest BCUT2D eigenvalue weighted by Gasteiger charge is -2.20. The largest absolute Gasteiger partial charge is 0.381 e. The monoisotopic (exact) mass is 242 g/mol. The van der Waals surface area contributed by atoms with E-state index in [-0.39, 0.29) is 5.41 Å². The van der Waals surface area contributed by atoms with Gasteiger partial charge in [0.1, 0.15) is 0 Å². The molecule has 1 aromatic rings. The van der Waals surface area contributed by atoms with Gasteiger partial charge in [0.15, 0.2) is 5.82 Å². The molecule has 0 fully saturated rings. The van der Waals surface area contributed by atoms with E-state index in [1.807, 2.05) is 16.4 Å². The number of anilines is 1. The predicted molar refractivity (Wildman–Crippen MR) is 70.8 cm³/mol. The van der Waals surface area contributed by atoms with Crippen LogP contribution in [0.3, 0.4) is 0 Å². The van der Waals surface area contributed by atoms with Crippen molar-refractivity contribution in [1.29, 1.82) is 0 Å². The van der Waals surface area contributed by atoms with Gasteiger partial charge in [0.05, 0.1) is 5.69 Å². The number of hydrogen-bond donors (Lipinski definition) is 1. The van der Waals surface area contributed by atoms with Crippen LogP contribution in [0.1, 0.15) is 39.8 Å². The molecule has 0 aliphatic carbocycles. The highest BCUT2D eigenvalue weighted by atomic mass is 32.2. The van der Waals surface area contributed by atoms with Crippen LogP contribution in [-0.2, 0) is 12.0 Å². The zero-order chi connectivity index (χ0) is 12.2. The van der Waals surface area contributed by atoms with E-state index in [1.165, 1.54) is 11.5 Å². The van der Waals surface area contributed by atoms with Crippen LogP contribution in [0.2, 0.25) is 0 Å². The van der Waals surface area contributed by atoms with Crippen molar-refractivity contribution >= 4 is 17.6 Å². The minimum Gasteiger partial charge on any atom is -0.381 e. The molecule has 0 bridgehead atoms. The topological polar surface area (TPSA) is 56.7 Å². The third-order valence-electron chi connectivity index (χ3n) is 2.33. The molecule has 1 rings (SSSR count). The van der Waals surface area contributed by atoms with Gasteiger partial charge < -0.3 is 5.73 Å². The summed E-state index contributed by atoms with van der Waals surface area (Å²) in [5.74, 6) is 2.90. The fraction of sp³-hybridized carbons (Fsp3) is 0.818. The normalized spacial score (nSPS) is 12.0. The Hall–Kier alpha value is -0.710. The summed E-state index contributed by atoms with van der Waals surface area (Å²) in [7, 11) is 0. The van der Waals surface area contributed by atoms with Crippen molar-refractivity contribution in [1.82, 2.24) is 15.0 Å². The molecule has 0 atom stereocenters. The highest BCUT2D eigenvalue weighted by Crippen LogP contribution is 2.26. The molecular formula is C11H22N4S. The van der Waals surface area contributed by atoms with Gasteiger partial charge in [-0.1, -0.05) is 32.9 Å². The van der Waals surface area contributed by atoms with Crippen molar-refractivity contribution in [2.24, 2.45) is 0 Å². The maximum atomic E-state index is 5.86. The molecule has 16 heavy (non-hydrogen) atoms. The lowest BCUT2D eigenvalue weighted by atomic mass is 9.92. The first kappa shape index (κ1) is 13.4. The van der Waals surface area contributed by atoms with E-state index >= 15 is 0 Å². The summed E-state index contributed by atoms with van der Waals surface area (Å²) in [5.41, 5.74) is 6.91. The van der Waals surface area contributed by atoms with Crippen LogP contribution in [0, 0.1) is 0 Å². The Balaban J connectivity index is 2.66. The number of nitrogens with zero attached hydrogens (tertiary/aromatic N) is 3. The Morgan fingerprint density at radius 3 is 2.62 bits per heavy atom. The van der Waals surface area contributed by atoms with Gasteiger partial charge in [0.25, 0.3) is 0 Å². The third-order valence-corrected chi connectivity index (χ3v) is 3.32. The second-order valence-corrected chi connectivity index (χ2v) is 6.24. The Morgan fingerprint density at radius 1 is 1.38 bits per heavy atom. The Kier molecular flexibility index (Phi) is 4.65. The van der Waals surface area contributed by atoms with E-state index in [1.54, 1.807) is 0 Å². The van der Waals surface area contributed by atoms with Gasteiger partial charge in [-0.05, 0) is 17.9 Å². The fourth-order valence-corrected chi connectivity index (χ4v) is 2.34. The molecule has 0 aromatic carbocycles. The minimum absolute atomic E-state index is 0.00544. The molecule has 1 heterocycles. The Morgan fingerprint density at radius 2 is 2.06 bits per heavy atom. The number of nitrogen functional groups attached to an aromatic ring is 1. The van der Waals surface area contributed by atoms with Crippen LogP contribution < -0.4 is 5.73 Å². The second-order valence-electron chi connectivity index (χ2n) is 4.85. The van der Waals surface area contributed by atoms with Crippen LogP contribution in [0.4, 0.5) is 5.82 Å². The van der Waals surface area contributed by atoms with Crippen LogP contribution in [0.5, 0.6) is 0 Å². The highest BCUT2D eigenvalue weighted by Gasteiger charge is 2.23. The van der Waals surface area contributed by atoms with E-state index in [0.29, 0.717) is 5.82 Å². The zero-order valence-electron chi connectivity index (χ0n) is 10.7. The SMILES string of the molecule is CCSCCCn1nnc(N)c1C(C)(C)C. The first-order valence-corrected chi connectivity index (χ1v) is 6.89. The smallest absolute Gasteiger partial charge is 0.169 e. The summed E-state index contributed by atoms with van der Waals surface area (Å²) in [4.78, 5) is 0. The number of aromatic nitrogens is 3. The molecule has 1 aromatic heterocycles. The summed E-state index contributed by atoms with van der Waals surface area (Å²) < 4.78 is 1.95. The molecule has 0 saturated heterocycles. The molecule has 5 heteroatoms. The van der Waals surface area contributed by atoms with Gasteiger partial charge in [-0.15, -0.1) is 5.10 Å². The summed E-state index contributed by atoms with van der Waals surface area (Å²) in [6, 6.07) is 0. The molecule has 0 aliphatic rings. The Bertz CT molecular complexity index is 327.